The maximum Gasteiger partial charge on any atom is 1.00 e. The van der Waals surface area contributed by atoms with E-state index in [1.807, 2.05) is 0 Å². The molecule has 9 heteroatoms. The molecule has 0 saturated heterocycles. The molecule has 0 amide bonds. The fraction of sp³-hybridized carbons (Fsp3) is 0.769. The molecule has 0 aliphatic heterocycles. The van der Waals surface area contributed by atoms with E-state index in [0.29, 0.717) is 0 Å². The van der Waals surface area contributed by atoms with E-state index in [2.05, 4.69) is 0 Å². The number of aliphatic hydroxyl groups is 5. The van der Waals surface area contributed by atoms with Crippen LogP contribution < -0.4 is 29.6 Å². The molecule has 8 nitrogen and oxygen atoms in total. The first-order valence-electron chi connectivity index (χ1n) is 6.69. The summed E-state index contributed by atoms with van der Waals surface area (Å²) in [6.07, 6.45) is -6.53. The average Bonchev–Trinajstić information content (AvgIpc) is 2.46. The summed E-state index contributed by atoms with van der Waals surface area (Å²) in [5, 5.41) is 69.9. The third-order valence-corrected chi connectivity index (χ3v) is 4.06. The summed E-state index contributed by atoms with van der Waals surface area (Å²) in [6.45, 7) is 2.76. The van der Waals surface area contributed by atoms with E-state index >= 15 is 0 Å². The second-order valence-electron chi connectivity index (χ2n) is 5.52. The average molecular weight is 327 g/mol. The molecule has 1 aliphatic rings. The molecule has 122 valence electrons. The minimum atomic E-state index is -1.79. The van der Waals surface area contributed by atoms with Gasteiger partial charge in [-0.1, -0.05) is 11.1 Å². The van der Waals surface area contributed by atoms with Crippen molar-refractivity contribution in [1.29, 1.82) is 0 Å². The van der Waals surface area contributed by atoms with Crippen molar-refractivity contribution in [3.8, 4) is 0 Å². The second kappa shape index (κ2) is 9.19. The van der Waals surface area contributed by atoms with Gasteiger partial charge in [-0.3, -0.25) is 0 Å². The fourth-order valence-corrected chi connectivity index (χ4v) is 2.47. The van der Waals surface area contributed by atoms with Crippen molar-refractivity contribution in [3.05, 3.63) is 21.6 Å². The van der Waals surface area contributed by atoms with Crippen molar-refractivity contribution in [1.82, 2.24) is 0 Å². The van der Waals surface area contributed by atoms with Crippen LogP contribution in [0.2, 0.25) is 0 Å². The maximum atomic E-state index is 11.1. The molecule has 0 heterocycles. The Morgan fingerprint density at radius 3 is 2.09 bits per heavy atom. The van der Waals surface area contributed by atoms with E-state index in [4.69, 9.17) is 5.11 Å². The van der Waals surface area contributed by atoms with E-state index in [1.54, 1.807) is 13.8 Å². The first kappa shape index (κ1) is 21.8. The summed E-state index contributed by atoms with van der Waals surface area (Å²) in [5.41, 5.74) is 1.60. The van der Waals surface area contributed by atoms with Crippen molar-refractivity contribution in [2.24, 2.45) is 5.92 Å². The van der Waals surface area contributed by atoms with Gasteiger partial charge in [-0.05, 0) is 20.3 Å². The molecule has 22 heavy (non-hydrogen) atoms. The Bertz CT molecular complexity index is 436. The Hall–Kier alpha value is -0.190. The summed E-state index contributed by atoms with van der Waals surface area (Å²) >= 11 is 0. The molecule has 0 aromatic rings. The Morgan fingerprint density at radius 1 is 1.09 bits per heavy atom. The van der Waals surface area contributed by atoms with Crippen molar-refractivity contribution in [2.75, 3.05) is 6.61 Å². The maximum absolute atomic E-state index is 11.1. The van der Waals surface area contributed by atoms with Crippen LogP contribution in [0.1, 0.15) is 26.7 Å². The van der Waals surface area contributed by atoms with Crippen molar-refractivity contribution < 1.29 is 60.0 Å². The molecular formula is C13H22NNaO7. The quantitative estimate of drug-likeness (QED) is 0.148. The number of hydrogen-bond donors (Lipinski definition) is 5. The van der Waals surface area contributed by atoms with Gasteiger partial charge in [-0.25, -0.2) is 0 Å². The van der Waals surface area contributed by atoms with Crippen LogP contribution in [0.4, 0.5) is 0 Å². The molecule has 0 fully saturated rings. The normalized spacial score (nSPS) is 24.3. The molecule has 1 rings (SSSR count). The molecule has 0 bridgehead atoms. The predicted octanol–water partition coefficient (Wildman–Crippen LogP) is -4.38. The minimum absolute atomic E-state index is 0. The van der Waals surface area contributed by atoms with Gasteiger partial charge in [0.15, 0.2) is 5.71 Å². The van der Waals surface area contributed by atoms with Crippen molar-refractivity contribution in [2.45, 2.75) is 51.1 Å². The smallest absolute Gasteiger partial charge is 0.612 e. The predicted molar refractivity (Wildman–Crippen MR) is 74.2 cm³/mol. The SMILES string of the molecule is CC1=C(C)C[C@H]([C@H](O)[C@@H](O)[C@@H](O)[C@H](O)CO)C(=[N+]([O-])[O-])C1.[Na+]. The zero-order valence-corrected chi connectivity index (χ0v) is 15.0. The van der Waals surface area contributed by atoms with Gasteiger partial charge in [0.1, 0.15) is 18.3 Å². The van der Waals surface area contributed by atoms with Crippen molar-refractivity contribution in [3.63, 3.8) is 0 Å². The summed E-state index contributed by atoms with van der Waals surface area (Å²) in [4.78, 5) is -0.578. The van der Waals surface area contributed by atoms with Crippen LogP contribution in [0.25, 0.3) is 0 Å². The van der Waals surface area contributed by atoms with Crippen LogP contribution in [0.15, 0.2) is 11.1 Å². The number of hydrogen-bond acceptors (Lipinski definition) is 7. The summed E-state index contributed by atoms with van der Waals surface area (Å²) in [6, 6.07) is 0. The van der Waals surface area contributed by atoms with Crippen molar-refractivity contribution >= 4 is 5.71 Å². The van der Waals surface area contributed by atoms with Gasteiger partial charge in [0.05, 0.1) is 25.0 Å². The Balaban J connectivity index is 0.00000441. The monoisotopic (exact) mass is 327 g/mol. The molecule has 0 radical (unpaired) electrons. The Labute approximate surface area is 150 Å². The molecule has 0 aromatic heterocycles. The molecule has 5 N–H and O–H groups in total. The van der Waals surface area contributed by atoms with E-state index < -0.39 is 41.8 Å². The largest absolute Gasteiger partial charge is 1.00 e. The van der Waals surface area contributed by atoms with Gasteiger partial charge in [0.25, 0.3) is 0 Å². The van der Waals surface area contributed by atoms with Crippen LogP contribution in [-0.2, 0) is 0 Å². The van der Waals surface area contributed by atoms with Crippen LogP contribution in [0.3, 0.4) is 0 Å². The standard InChI is InChI=1S/C13H22NO7.Na/c1-6-3-8(9(14(20)21)4-7(6)2)11(17)13(19)12(18)10(16)5-15;/h8,10-13,15-19H,3-5H2,1-2H3;/q-1;+1/t8-,10+,11-,12-,13+;/m0./s1. The molecular weight excluding hydrogens is 305 g/mol. The molecule has 1 aliphatic carbocycles. The summed E-state index contributed by atoms with van der Waals surface area (Å²) in [7, 11) is 0. The van der Waals surface area contributed by atoms with E-state index in [0.717, 1.165) is 11.1 Å². The van der Waals surface area contributed by atoms with Gasteiger partial charge in [0, 0.05) is 0 Å². The van der Waals surface area contributed by atoms with Gasteiger partial charge in [-0.2, -0.15) is 4.90 Å². The zero-order valence-electron chi connectivity index (χ0n) is 13.0. The molecule has 5 atom stereocenters. The summed E-state index contributed by atoms with van der Waals surface area (Å²) in [5.74, 6) is -0.945. The van der Waals surface area contributed by atoms with Crippen LogP contribution in [0.5, 0.6) is 0 Å². The van der Waals surface area contributed by atoms with Gasteiger partial charge >= 0.3 is 29.6 Å². The first-order valence-corrected chi connectivity index (χ1v) is 6.69. The third kappa shape index (κ3) is 4.90. The molecule has 0 unspecified atom stereocenters. The van der Waals surface area contributed by atoms with Crippen LogP contribution in [0, 0.1) is 16.3 Å². The number of aliphatic hydroxyl groups excluding tert-OH is 5. The third-order valence-electron chi connectivity index (χ3n) is 4.06. The van der Waals surface area contributed by atoms with Gasteiger partial charge in [0.2, 0.25) is 0 Å². The van der Waals surface area contributed by atoms with E-state index in [-0.39, 0.29) is 48.1 Å². The van der Waals surface area contributed by atoms with Gasteiger partial charge in [-0.15, -0.1) is 0 Å². The minimum Gasteiger partial charge on any atom is -0.612 e. The first-order chi connectivity index (χ1) is 9.70. The van der Waals surface area contributed by atoms with E-state index in [1.165, 1.54) is 0 Å². The zero-order chi connectivity index (χ0) is 16.3. The molecule has 0 aromatic carbocycles. The van der Waals surface area contributed by atoms with Crippen LogP contribution in [-0.4, -0.2) is 67.2 Å². The fourth-order valence-electron chi connectivity index (χ4n) is 2.47. The van der Waals surface area contributed by atoms with Gasteiger partial charge < -0.3 is 35.9 Å². The topological polar surface area (TPSA) is 150 Å². The molecule has 0 saturated carbocycles. The Morgan fingerprint density at radius 2 is 1.64 bits per heavy atom. The number of nitrogens with zero attached hydrogens (tertiary/aromatic N) is 1. The summed E-state index contributed by atoms with van der Waals surface area (Å²) < 4.78 is 0. The number of rotatable bonds is 5. The second-order valence-corrected chi connectivity index (χ2v) is 5.52. The molecule has 0 spiro atoms. The number of allylic oxidation sites excluding steroid dienone is 2. The van der Waals surface area contributed by atoms with Crippen LogP contribution >= 0.6 is 0 Å². The van der Waals surface area contributed by atoms with E-state index in [9.17, 15) is 30.8 Å². The Kier molecular flexibility index (Phi) is 9.11.